The van der Waals surface area contributed by atoms with Crippen LogP contribution in [0.3, 0.4) is 0 Å². The minimum atomic E-state index is -0.945. The molecule has 0 aliphatic carbocycles. The van der Waals surface area contributed by atoms with Gasteiger partial charge in [0.1, 0.15) is 29.9 Å². The zero-order chi connectivity index (χ0) is 27.5. The number of aromatic hydroxyl groups is 2. The lowest BCUT2D eigenvalue weighted by molar-refractivity contribution is -0.133. The second-order valence-corrected chi connectivity index (χ2v) is 9.94. The minimum Gasteiger partial charge on any atom is -0.508 e. The van der Waals surface area contributed by atoms with E-state index >= 15 is 0 Å². The van der Waals surface area contributed by atoms with Crippen molar-refractivity contribution < 1.29 is 29.4 Å². The largest absolute Gasteiger partial charge is 0.508 e. The molecule has 0 spiro atoms. The minimum absolute atomic E-state index is 0.0853. The predicted molar refractivity (Wildman–Crippen MR) is 140 cm³/mol. The van der Waals surface area contributed by atoms with Crippen molar-refractivity contribution >= 4 is 24.0 Å². The summed E-state index contributed by atoms with van der Waals surface area (Å²) in [5, 5.41) is 27.2. The Morgan fingerprint density at radius 1 is 0.757 bits per heavy atom. The molecule has 9 nitrogen and oxygen atoms in total. The van der Waals surface area contributed by atoms with Gasteiger partial charge in [-0.05, 0) is 53.6 Å². The second-order valence-electron chi connectivity index (χ2n) is 9.94. The van der Waals surface area contributed by atoms with E-state index < -0.39 is 29.9 Å². The fraction of sp³-hybridized carbons (Fsp3) is 0.429. The summed E-state index contributed by atoms with van der Waals surface area (Å²) < 4.78 is 0. The van der Waals surface area contributed by atoms with Crippen LogP contribution in [0, 0.1) is 11.8 Å². The molecule has 0 heterocycles. The van der Waals surface area contributed by atoms with Gasteiger partial charge in [-0.25, -0.2) is 0 Å². The third-order valence-electron chi connectivity index (χ3n) is 5.75. The zero-order valence-electron chi connectivity index (χ0n) is 21.7. The summed E-state index contributed by atoms with van der Waals surface area (Å²) in [4.78, 5) is 50.5. The molecule has 5 N–H and O–H groups in total. The van der Waals surface area contributed by atoms with Crippen molar-refractivity contribution in [2.75, 3.05) is 0 Å². The van der Waals surface area contributed by atoms with Gasteiger partial charge in [0.2, 0.25) is 17.7 Å². The Bertz CT molecular complexity index is 1050. The number of nitrogens with one attached hydrogen (secondary N) is 3. The van der Waals surface area contributed by atoms with E-state index in [2.05, 4.69) is 16.0 Å². The van der Waals surface area contributed by atoms with Gasteiger partial charge in [0.15, 0.2) is 0 Å². The van der Waals surface area contributed by atoms with Crippen LogP contribution >= 0.6 is 0 Å². The standard InChI is InChI=1S/C28H37N3O6/c1-17(2)13-25(35)30-24(15-20-7-11-23(34)12-8-20)27(36)31-26(18(3)4)28(37)29-21(16-32)14-19-5-9-22(33)10-6-19/h5-12,16-18,21,24,26,33-34H,13-15H2,1-4H3,(H,29,37)(H,30,35)(H,31,36)/t21?,24-,26-/m0/s1. The van der Waals surface area contributed by atoms with Crippen LogP contribution in [0.5, 0.6) is 11.5 Å². The number of aldehydes is 1. The van der Waals surface area contributed by atoms with Crippen LogP contribution in [0.2, 0.25) is 0 Å². The topological polar surface area (TPSA) is 145 Å². The molecule has 0 fully saturated rings. The smallest absolute Gasteiger partial charge is 0.243 e. The Morgan fingerprint density at radius 2 is 1.27 bits per heavy atom. The van der Waals surface area contributed by atoms with Crippen LogP contribution in [0.1, 0.15) is 45.2 Å². The first-order valence-corrected chi connectivity index (χ1v) is 12.4. The Hall–Kier alpha value is -3.88. The Labute approximate surface area is 217 Å². The molecule has 200 valence electrons. The number of rotatable bonds is 13. The molecule has 2 aromatic rings. The number of phenolic OH excluding ortho intramolecular Hbond substituents is 2. The highest BCUT2D eigenvalue weighted by atomic mass is 16.3. The molecule has 3 atom stereocenters. The van der Waals surface area contributed by atoms with E-state index in [-0.39, 0.29) is 48.5 Å². The van der Waals surface area contributed by atoms with Gasteiger partial charge in [0.25, 0.3) is 0 Å². The average molecular weight is 512 g/mol. The summed E-state index contributed by atoms with van der Waals surface area (Å²) in [6.07, 6.45) is 1.26. The third kappa shape index (κ3) is 9.95. The summed E-state index contributed by atoms with van der Waals surface area (Å²) in [6, 6.07) is 9.92. The van der Waals surface area contributed by atoms with Crippen molar-refractivity contribution in [2.24, 2.45) is 11.8 Å². The molecule has 1 unspecified atom stereocenters. The summed E-state index contributed by atoms with van der Waals surface area (Å²) in [6.45, 7) is 7.34. The normalized spacial score (nSPS) is 13.5. The van der Waals surface area contributed by atoms with Gasteiger partial charge in [-0.15, -0.1) is 0 Å². The van der Waals surface area contributed by atoms with Crippen molar-refractivity contribution in [3.8, 4) is 11.5 Å². The lowest BCUT2D eigenvalue weighted by Crippen LogP contribution is -2.57. The van der Waals surface area contributed by atoms with E-state index in [0.29, 0.717) is 6.29 Å². The number of amides is 3. The van der Waals surface area contributed by atoms with E-state index in [1.807, 2.05) is 13.8 Å². The summed E-state index contributed by atoms with van der Waals surface area (Å²) in [5.41, 5.74) is 1.48. The van der Waals surface area contributed by atoms with E-state index in [0.717, 1.165) is 11.1 Å². The summed E-state index contributed by atoms with van der Waals surface area (Å²) in [5.74, 6) is -1.35. The zero-order valence-corrected chi connectivity index (χ0v) is 21.7. The lowest BCUT2D eigenvalue weighted by Gasteiger charge is -2.26. The highest BCUT2D eigenvalue weighted by Crippen LogP contribution is 2.14. The maximum atomic E-state index is 13.3. The Morgan fingerprint density at radius 3 is 1.73 bits per heavy atom. The first kappa shape index (κ1) is 29.4. The molecule has 2 aromatic carbocycles. The van der Waals surface area contributed by atoms with Gasteiger partial charge < -0.3 is 31.0 Å². The molecule has 0 aliphatic heterocycles. The van der Waals surface area contributed by atoms with Crippen molar-refractivity contribution in [2.45, 2.75) is 65.1 Å². The molecular formula is C28H37N3O6. The Balaban J connectivity index is 2.14. The van der Waals surface area contributed by atoms with Crippen LogP contribution < -0.4 is 16.0 Å². The quantitative estimate of drug-likeness (QED) is 0.261. The second kappa shape index (κ2) is 14.0. The number of hydrogen-bond donors (Lipinski definition) is 5. The molecule has 0 aromatic heterocycles. The molecule has 9 heteroatoms. The molecule has 0 bridgehead atoms. The monoisotopic (exact) mass is 511 g/mol. The van der Waals surface area contributed by atoms with Crippen molar-refractivity contribution in [1.29, 1.82) is 0 Å². The van der Waals surface area contributed by atoms with Gasteiger partial charge in [-0.1, -0.05) is 52.0 Å². The third-order valence-corrected chi connectivity index (χ3v) is 5.75. The first-order chi connectivity index (χ1) is 17.5. The molecule has 0 saturated carbocycles. The fourth-order valence-electron chi connectivity index (χ4n) is 3.78. The molecule has 0 aliphatic rings. The fourth-order valence-corrected chi connectivity index (χ4v) is 3.78. The van der Waals surface area contributed by atoms with Crippen LogP contribution in [-0.4, -0.2) is 52.3 Å². The van der Waals surface area contributed by atoms with E-state index in [4.69, 9.17) is 0 Å². The maximum Gasteiger partial charge on any atom is 0.243 e. The molecule has 2 rings (SSSR count). The lowest BCUT2D eigenvalue weighted by atomic mass is 9.99. The number of benzene rings is 2. The van der Waals surface area contributed by atoms with E-state index in [1.54, 1.807) is 38.1 Å². The van der Waals surface area contributed by atoms with Gasteiger partial charge in [-0.3, -0.25) is 14.4 Å². The van der Waals surface area contributed by atoms with E-state index in [1.165, 1.54) is 24.3 Å². The maximum absolute atomic E-state index is 13.3. The predicted octanol–water partition coefficient (Wildman–Crippen LogP) is 2.24. The summed E-state index contributed by atoms with van der Waals surface area (Å²) >= 11 is 0. The number of carbonyl (C=O) groups is 4. The number of phenols is 2. The summed E-state index contributed by atoms with van der Waals surface area (Å²) in [7, 11) is 0. The molecule has 37 heavy (non-hydrogen) atoms. The highest BCUT2D eigenvalue weighted by molar-refractivity contribution is 5.93. The van der Waals surface area contributed by atoms with Crippen LogP contribution in [0.4, 0.5) is 0 Å². The van der Waals surface area contributed by atoms with Gasteiger partial charge in [-0.2, -0.15) is 0 Å². The first-order valence-electron chi connectivity index (χ1n) is 12.4. The molecule has 0 saturated heterocycles. The number of hydrogen-bond acceptors (Lipinski definition) is 6. The SMILES string of the molecule is CC(C)CC(=O)N[C@@H](Cc1ccc(O)cc1)C(=O)N[C@H](C(=O)NC(C=O)Cc1ccc(O)cc1)C(C)C. The highest BCUT2D eigenvalue weighted by Gasteiger charge is 2.30. The van der Waals surface area contributed by atoms with E-state index in [9.17, 15) is 29.4 Å². The molecule has 3 amide bonds. The molecule has 0 radical (unpaired) electrons. The van der Waals surface area contributed by atoms with Gasteiger partial charge >= 0.3 is 0 Å². The van der Waals surface area contributed by atoms with Crippen molar-refractivity contribution in [3.05, 3.63) is 59.7 Å². The van der Waals surface area contributed by atoms with Crippen molar-refractivity contribution in [1.82, 2.24) is 16.0 Å². The van der Waals surface area contributed by atoms with Gasteiger partial charge in [0, 0.05) is 12.8 Å². The van der Waals surface area contributed by atoms with Crippen LogP contribution in [0.25, 0.3) is 0 Å². The van der Waals surface area contributed by atoms with Gasteiger partial charge in [0.05, 0.1) is 6.04 Å². The van der Waals surface area contributed by atoms with Crippen LogP contribution in [0.15, 0.2) is 48.5 Å². The Kier molecular flexibility index (Phi) is 11.1. The van der Waals surface area contributed by atoms with Crippen LogP contribution in [-0.2, 0) is 32.0 Å². The van der Waals surface area contributed by atoms with Crippen molar-refractivity contribution in [3.63, 3.8) is 0 Å². The average Bonchev–Trinajstić information content (AvgIpc) is 2.83. The molecular weight excluding hydrogens is 474 g/mol. The number of carbonyl (C=O) groups excluding carboxylic acids is 4.